The Morgan fingerprint density at radius 1 is 1.05 bits per heavy atom. The summed E-state index contributed by atoms with van der Waals surface area (Å²) in [6.45, 7) is 5.27. The molecule has 44 heavy (non-hydrogen) atoms. The number of hydrogen-bond acceptors (Lipinski definition) is 5. The first kappa shape index (κ1) is 32.0. The quantitative estimate of drug-likeness (QED) is 0.198. The number of aliphatic carboxylic acids is 1. The molecule has 5 N–H and O–H groups in total. The summed E-state index contributed by atoms with van der Waals surface area (Å²) in [5, 5.41) is 21.5. The number of rotatable bonds is 13. The lowest BCUT2D eigenvalue weighted by Gasteiger charge is -2.32. The van der Waals surface area contributed by atoms with Crippen molar-refractivity contribution >= 4 is 34.5 Å². The lowest BCUT2D eigenvalue weighted by molar-refractivity contribution is -0.143. The number of benzene rings is 1. The number of fused-ring (bicyclic) bond motifs is 1. The van der Waals surface area contributed by atoms with E-state index in [-0.39, 0.29) is 35.7 Å². The molecular formula is C34H50N6O4. The zero-order valence-electron chi connectivity index (χ0n) is 26.2. The Bertz CT molecular complexity index is 1350. The van der Waals surface area contributed by atoms with Crippen LogP contribution in [0.4, 0.5) is 0 Å². The number of amides is 2. The molecule has 3 atom stereocenters. The highest BCUT2D eigenvalue weighted by Gasteiger charge is 2.38. The van der Waals surface area contributed by atoms with Crippen LogP contribution in [0.15, 0.2) is 24.3 Å². The molecule has 2 saturated heterocycles. The van der Waals surface area contributed by atoms with Crippen LogP contribution in [0.25, 0.3) is 10.9 Å². The number of carboxylic acid groups (broad SMARTS) is 1. The maximum atomic E-state index is 13.9. The van der Waals surface area contributed by atoms with Crippen molar-refractivity contribution in [3.8, 4) is 0 Å². The lowest BCUT2D eigenvalue weighted by Crippen LogP contribution is -2.48. The SMILES string of the molecule is CCn1c(CC[C@@H]2CCCN2C(=O)[C@H]2CCCN2CCC[C@H](NC(=O)C2CCCCC2)C(=O)O)cc2ccc(C(=N)N)cc21. The molecule has 1 saturated carbocycles. The third-order valence-electron chi connectivity index (χ3n) is 10.2. The Morgan fingerprint density at radius 3 is 2.55 bits per heavy atom. The van der Waals surface area contributed by atoms with E-state index >= 15 is 0 Å². The van der Waals surface area contributed by atoms with Crippen molar-refractivity contribution in [2.75, 3.05) is 19.6 Å². The minimum Gasteiger partial charge on any atom is -0.480 e. The largest absolute Gasteiger partial charge is 0.480 e. The van der Waals surface area contributed by atoms with Gasteiger partial charge in [0.25, 0.3) is 0 Å². The summed E-state index contributed by atoms with van der Waals surface area (Å²) < 4.78 is 2.30. The van der Waals surface area contributed by atoms with Crippen molar-refractivity contribution in [3.05, 3.63) is 35.5 Å². The van der Waals surface area contributed by atoms with E-state index in [2.05, 4.69) is 32.7 Å². The average molecular weight is 607 g/mol. The Labute approximate surface area is 260 Å². The zero-order chi connectivity index (χ0) is 31.2. The predicted molar refractivity (Wildman–Crippen MR) is 172 cm³/mol. The van der Waals surface area contributed by atoms with E-state index in [1.165, 1.54) is 5.69 Å². The van der Waals surface area contributed by atoms with Gasteiger partial charge in [-0.3, -0.25) is 19.9 Å². The van der Waals surface area contributed by atoms with Crippen molar-refractivity contribution in [3.63, 3.8) is 0 Å². The maximum absolute atomic E-state index is 13.9. The average Bonchev–Trinajstić information content (AvgIpc) is 3.77. The molecular weight excluding hydrogens is 556 g/mol. The van der Waals surface area contributed by atoms with E-state index in [9.17, 15) is 19.5 Å². The van der Waals surface area contributed by atoms with Gasteiger partial charge in [-0.2, -0.15) is 0 Å². The number of aromatic nitrogens is 1. The van der Waals surface area contributed by atoms with Gasteiger partial charge < -0.3 is 25.6 Å². The summed E-state index contributed by atoms with van der Waals surface area (Å²) in [5.74, 6) is -0.880. The smallest absolute Gasteiger partial charge is 0.326 e. The molecule has 10 nitrogen and oxygen atoms in total. The van der Waals surface area contributed by atoms with Crippen LogP contribution in [0.3, 0.4) is 0 Å². The summed E-state index contributed by atoms with van der Waals surface area (Å²) in [4.78, 5) is 42.8. The normalized spacial score (nSPS) is 22.0. The highest BCUT2D eigenvalue weighted by atomic mass is 16.4. The topological polar surface area (TPSA) is 145 Å². The summed E-state index contributed by atoms with van der Waals surface area (Å²) in [6, 6.07) is 7.34. The standard InChI is InChI=1S/C34H50N6O4/c1-2-39-27(21-24-14-15-25(31(35)36)22-30(24)39)17-16-26-11-6-20-40(26)33(42)29-13-8-19-38(29)18-7-12-28(34(43)44)37-32(41)23-9-4-3-5-10-23/h14-15,21-23,26,28-29H,2-13,16-20H2,1H3,(H3,35,36)(H,37,41)(H,43,44)/t26-,28-,29+/m0/s1. The molecule has 5 rings (SSSR count). The number of nitrogens with one attached hydrogen (secondary N) is 2. The maximum Gasteiger partial charge on any atom is 0.326 e. The third-order valence-corrected chi connectivity index (χ3v) is 10.2. The zero-order valence-corrected chi connectivity index (χ0v) is 26.2. The van der Waals surface area contributed by atoms with Crippen molar-refractivity contribution in [1.82, 2.24) is 19.7 Å². The lowest BCUT2D eigenvalue weighted by atomic mass is 9.88. The first-order valence-corrected chi connectivity index (χ1v) is 16.8. The molecule has 0 spiro atoms. The summed E-state index contributed by atoms with van der Waals surface area (Å²) >= 11 is 0. The second-order valence-corrected chi connectivity index (χ2v) is 13.0. The van der Waals surface area contributed by atoms with Crippen LogP contribution >= 0.6 is 0 Å². The Morgan fingerprint density at radius 2 is 1.82 bits per heavy atom. The Balaban J connectivity index is 1.15. The number of carbonyl (C=O) groups is 3. The van der Waals surface area contributed by atoms with E-state index in [4.69, 9.17) is 11.1 Å². The number of likely N-dealkylation sites (tertiary alicyclic amines) is 2. The first-order valence-electron chi connectivity index (χ1n) is 16.8. The minimum absolute atomic E-state index is 0.0653. The number of aryl methyl sites for hydroxylation is 2. The summed E-state index contributed by atoms with van der Waals surface area (Å²) in [6.07, 6.45) is 11.5. The first-order chi connectivity index (χ1) is 21.3. The van der Waals surface area contributed by atoms with Gasteiger partial charge in [0.15, 0.2) is 0 Å². The van der Waals surface area contributed by atoms with Gasteiger partial charge in [0.05, 0.1) is 6.04 Å². The molecule has 3 fully saturated rings. The fourth-order valence-corrected chi connectivity index (χ4v) is 7.78. The second kappa shape index (κ2) is 14.6. The van der Waals surface area contributed by atoms with E-state index in [0.29, 0.717) is 19.4 Å². The van der Waals surface area contributed by atoms with Crippen LogP contribution in [0, 0.1) is 11.3 Å². The van der Waals surface area contributed by atoms with Gasteiger partial charge >= 0.3 is 5.97 Å². The number of carboxylic acids is 1. The van der Waals surface area contributed by atoms with Crippen LogP contribution < -0.4 is 11.1 Å². The highest BCUT2D eigenvalue weighted by molar-refractivity contribution is 5.98. The van der Waals surface area contributed by atoms with Crippen LogP contribution in [0.2, 0.25) is 0 Å². The van der Waals surface area contributed by atoms with Gasteiger partial charge in [-0.25, -0.2) is 4.79 Å². The number of nitrogens with zero attached hydrogens (tertiary/aromatic N) is 3. The van der Waals surface area contributed by atoms with Crippen LogP contribution in [0.1, 0.15) is 95.2 Å². The van der Waals surface area contributed by atoms with Crippen molar-refractivity contribution in [2.24, 2.45) is 11.7 Å². The van der Waals surface area contributed by atoms with Crippen molar-refractivity contribution in [1.29, 1.82) is 5.41 Å². The molecule has 0 unspecified atom stereocenters. The second-order valence-electron chi connectivity index (χ2n) is 13.0. The van der Waals surface area contributed by atoms with Crippen LogP contribution in [0.5, 0.6) is 0 Å². The minimum atomic E-state index is -0.982. The van der Waals surface area contributed by atoms with Gasteiger partial charge in [0.2, 0.25) is 11.8 Å². The molecule has 240 valence electrons. The van der Waals surface area contributed by atoms with Crippen molar-refractivity contribution < 1.29 is 19.5 Å². The van der Waals surface area contributed by atoms with Gasteiger partial charge in [-0.15, -0.1) is 0 Å². The number of carbonyl (C=O) groups excluding carboxylic acids is 2. The molecule has 2 aromatic rings. The molecule has 3 aliphatic rings. The molecule has 0 radical (unpaired) electrons. The predicted octanol–water partition coefficient (Wildman–Crippen LogP) is 4.26. The van der Waals surface area contributed by atoms with E-state index in [1.807, 2.05) is 18.2 Å². The third kappa shape index (κ3) is 7.28. The fraction of sp³-hybridized carbons (Fsp3) is 0.647. The molecule has 2 amide bonds. The Kier molecular flexibility index (Phi) is 10.6. The molecule has 0 bridgehead atoms. The number of nitrogen functional groups attached to an aromatic ring is 1. The van der Waals surface area contributed by atoms with Crippen molar-refractivity contribution in [2.45, 2.75) is 115 Å². The molecule has 2 aliphatic heterocycles. The summed E-state index contributed by atoms with van der Waals surface area (Å²) in [7, 11) is 0. The van der Waals surface area contributed by atoms with E-state index in [0.717, 1.165) is 107 Å². The van der Waals surface area contributed by atoms with E-state index in [1.54, 1.807) is 0 Å². The van der Waals surface area contributed by atoms with Crippen LogP contribution in [-0.2, 0) is 27.3 Å². The molecule has 1 aromatic heterocycles. The summed E-state index contributed by atoms with van der Waals surface area (Å²) in [5.41, 5.74) is 8.81. The van der Waals surface area contributed by atoms with Gasteiger partial charge in [0.1, 0.15) is 11.9 Å². The molecule has 1 aromatic carbocycles. The molecule has 3 heterocycles. The van der Waals surface area contributed by atoms with Gasteiger partial charge in [-0.1, -0.05) is 31.4 Å². The van der Waals surface area contributed by atoms with Crippen LogP contribution in [-0.4, -0.2) is 80.9 Å². The fourth-order valence-electron chi connectivity index (χ4n) is 7.78. The monoisotopic (exact) mass is 606 g/mol. The number of nitrogens with two attached hydrogens (primary N) is 1. The van der Waals surface area contributed by atoms with E-state index < -0.39 is 12.0 Å². The van der Waals surface area contributed by atoms with Gasteiger partial charge in [-0.05, 0) is 102 Å². The molecule has 1 aliphatic carbocycles. The van der Waals surface area contributed by atoms with Gasteiger partial charge in [0, 0.05) is 41.8 Å². The Hall–Kier alpha value is -3.40. The number of hydrogen-bond donors (Lipinski definition) is 4. The number of amidine groups is 1. The highest BCUT2D eigenvalue weighted by Crippen LogP contribution is 2.29. The molecule has 10 heteroatoms.